The van der Waals surface area contributed by atoms with Crippen LogP contribution in [0.4, 0.5) is 32.3 Å². The molecule has 3 aromatic carbocycles. The number of H-pyrrole nitrogens is 1. The second-order valence-corrected chi connectivity index (χ2v) is 15.5. The van der Waals surface area contributed by atoms with Crippen molar-refractivity contribution < 1.29 is 69.4 Å². The number of carbonyl (C=O) groups excluding carboxylic acids is 1. The number of para-hydroxylation sites is 1. The lowest BCUT2D eigenvalue weighted by molar-refractivity contribution is -0.299. The zero-order chi connectivity index (χ0) is 47.3. The fourth-order valence-electron chi connectivity index (χ4n) is 7.52. The van der Waals surface area contributed by atoms with Gasteiger partial charge >= 0.3 is 12.4 Å². The van der Waals surface area contributed by atoms with E-state index >= 15 is 0 Å². The molecule has 21 heteroatoms. The molecule has 7 rings (SSSR count). The highest BCUT2D eigenvalue weighted by molar-refractivity contribution is 5.90. The summed E-state index contributed by atoms with van der Waals surface area (Å²) in [7, 11) is 3.11. The van der Waals surface area contributed by atoms with Crippen LogP contribution in [-0.2, 0) is 34.1 Å². The maximum absolute atomic E-state index is 13.4. The maximum Gasteiger partial charge on any atom is 0.402 e. The average molecular weight is 930 g/mol. The van der Waals surface area contributed by atoms with Crippen molar-refractivity contribution in [3.05, 3.63) is 137 Å². The van der Waals surface area contributed by atoms with Gasteiger partial charge in [0.1, 0.15) is 42.2 Å². The number of hydrogen-bond acceptors (Lipinski definition) is 12. The number of imidazole rings is 1. The maximum atomic E-state index is 13.4. The number of benzene rings is 3. The van der Waals surface area contributed by atoms with Crippen LogP contribution in [0.1, 0.15) is 30.7 Å². The lowest BCUT2D eigenvalue weighted by Gasteiger charge is -2.40. The molecule has 2 aliphatic rings. The molecule has 0 spiro atoms. The molecule has 3 heterocycles. The number of rotatable bonds is 18. The van der Waals surface area contributed by atoms with Crippen LogP contribution in [0.2, 0.25) is 0 Å². The van der Waals surface area contributed by atoms with Crippen LogP contribution in [0.25, 0.3) is 11.2 Å². The molecule has 1 amide bonds. The van der Waals surface area contributed by atoms with E-state index in [0.29, 0.717) is 34.6 Å². The fraction of sp³-hybridized carbons (Fsp3) is 0.378. The summed E-state index contributed by atoms with van der Waals surface area (Å²) in [5.74, 6) is -3.93. The van der Waals surface area contributed by atoms with E-state index in [9.17, 15) is 41.0 Å². The first-order valence-electron chi connectivity index (χ1n) is 20.4. The molecule has 352 valence electrons. The third kappa shape index (κ3) is 10.5. The van der Waals surface area contributed by atoms with Gasteiger partial charge in [0.25, 0.3) is 11.5 Å². The number of aromatic nitrogens is 4. The molecule has 2 aromatic heterocycles. The Hall–Kier alpha value is -6.10. The highest BCUT2D eigenvalue weighted by atomic mass is 19.4. The number of methoxy groups -OCH3 is 2. The first kappa shape index (κ1) is 47.9. The summed E-state index contributed by atoms with van der Waals surface area (Å²) in [4.78, 5) is 37.0. The predicted molar refractivity (Wildman–Crippen MR) is 223 cm³/mol. The van der Waals surface area contributed by atoms with Crippen LogP contribution >= 0.6 is 0 Å². The average Bonchev–Trinajstić information content (AvgIpc) is 3.86. The highest BCUT2D eigenvalue weighted by Crippen LogP contribution is 2.46. The molecule has 6 atom stereocenters. The van der Waals surface area contributed by atoms with Crippen molar-refractivity contribution in [1.29, 1.82) is 0 Å². The Balaban J connectivity index is 1.22. The van der Waals surface area contributed by atoms with Gasteiger partial charge in [-0.15, -0.1) is 0 Å². The third-order valence-corrected chi connectivity index (χ3v) is 11.2. The van der Waals surface area contributed by atoms with E-state index in [0.717, 1.165) is 10.9 Å². The number of ether oxygens (including phenoxy) is 7. The molecular weight excluding hydrogens is 885 g/mol. The van der Waals surface area contributed by atoms with Crippen molar-refractivity contribution in [3.8, 4) is 11.5 Å². The van der Waals surface area contributed by atoms with Gasteiger partial charge in [-0.05, 0) is 54.3 Å². The number of alkyl halides is 6. The monoisotopic (exact) mass is 929 g/mol. The van der Waals surface area contributed by atoms with E-state index in [1.54, 1.807) is 49.6 Å². The van der Waals surface area contributed by atoms with E-state index in [4.69, 9.17) is 33.2 Å². The minimum absolute atomic E-state index is 0.212. The first-order chi connectivity index (χ1) is 31.5. The van der Waals surface area contributed by atoms with Crippen LogP contribution < -0.4 is 20.3 Å². The zero-order valence-electron chi connectivity index (χ0n) is 35.5. The van der Waals surface area contributed by atoms with E-state index in [2.05, 4.69) is 20.3 Å². The molecule has 1 saturated heterocycles. The summed E-state index contributed by atoms with van der Waals surface area (Å²) in [6.07, 6.45) is -10.3. The smallest absolute Gasteiger partial charge is 0.402 e. The van der Waals surface area contributed by atoms with Crippen molar-refractivity contribution >= 4 is 23.0 Å². The summed E-state index contributed by atoms with van der Waals surface area (Å²) in [5, 5.41) is 14.4. The summed E-state index contributed by atoms with van der Waals surface area (Å²) in [6, 6.07) is 24.7. The number of nitrogens with one attached hydrogen (secondary N) is 2. The van der Waals surface area contributed by atoms with Crippen LogP contribution in [-0.4, -0.2) is 108 Å². The molecule has 3 N–H and O–H groups in total. The first-order valence-corrected chi connectivity index (χ1v) is 20.4. The number of amides is 1. The van der Waals surface area contributed by atoms with Crippen LogP contribution in [0, 0.1) is 5.92 Å². The molecule has 0 saturated carbocycles. The Morgan fingerprint density at radius 3 is 2.26 bits per heavy atom. The summed E-state index contributed by atoms with van der Waals surface area (Å²) >= 11 is 0. The van der Waals surface area contributed by atoms with Crippen molar-refractivity contribution in [2.24, 2.45) is 5.92 Å². The molecule has 1 aliphatic carbocycles. The molecule has 4 unspecified atom stereocenters. The van der Waals surface area contributed by atoms with Gasteiger partial charge in [0.15, 0.2) is 29.9 Å². The van der Waals surface area contributed by atoms with Gasteiger partial charge in [0, 0.05) is 7.11 Å². The summed E-state index contributed by atoms with van der Waals surface area (Å²) in [6.45, 7) is -1.99. The molecular formula is C45H45F6N5O10. The van der Waals surface area contributed by atoms with Gasteiger partial charge in [-0.2, -0.15) is 31.3 Å². The largest absolute Gasteiger partial charge is 0.497 e. The SMILES string of the molecule is COc1ccc(C(OC[C@H]2O[C@@H](n3cnc4c(=O)[nH]c(NC(=O)COc5ccccc5)nc43)C(OCOCC(C(F)(F)F)C(F)(F)F)C2O)(C2=CCC(C)(OC)C=C2)c2ccccc2)cc1. The molecule has 15 nitrogen and oxygen atoms in total. The van der Waals surface area contributed by atoms with Crippen molar-refractivity contribution in [2.75, 3.05) is 46.1 Å². The van der Waals surface area contributed by atoms with Crippen molar-refractivity contribution in [3.63, 3.8) is 0 Å². The van der Waals surface area contributed by atoms with E-state index in [1.807, 2.05) is 67.6 Å². The summed E-state index contributed by atoms with van der Waals surface area (Å²) < 4.78 is 122. The van der Waals surface area contributed by atoms with E-state index in [-0.39, 0.29) is 17.1 Å². The second-order valence-electron chi connectivity index (χ2n) is 15.5. The van der Waals surface area contributed by atoms with E-state index < -0.39 is 92.1 Å². The van der Waals surface area contributed by atoms with Crippen molar-refractivity contribution in [1.82, 2.24) is 19.5 Å². The lowest BCUT2D eigenvalue weighted by atomic mass is 9.76. The number of aliphatic hydroxyl groups excluding tert-OH is 1. The number of aliphatic hydroxyl groups is 1. The molecule has 1 aliphatic heterocycles. The minimum Gasteiger partial charge on any atom is -0.497 e. The Labute approximate surface area is 372 Å². The second kappa shape index (κ2) is 19.8. The minimum atomic E-state index is -5.69. The van der Waals surface area contributed by atoms with Gasteiger partial charge in [-0.25, -0.2) is 4.98 Å². The number of aromatic amines is 1. The Kier molecular flexibility index (Phi) is 14.3. The topological polar surface area (TPSA) is 178 Å². The van der Waals surface area contributed by atoms with Gasteiger partial charge < -0.3 is 38.3 Å². The van der Waals surface area contributed by atoms with Gasteiger partial charge in [0.2, 0.25) is 5.95 Å². The quantitative estimate of drug-likeness (QED) is 0.0479. The molecule has 66 heavy (non-hydrogen) atoms. The Morgan fingerprint density at radius 2 is 1.64 bits per heavy atom. The predicted octanol–water partition coefficient (Wildman–Crippen LogP) is 6.76. The third-order valence-electron chi connectivity index (χ3n) is 11.2. The molecule has 0 radical (unpaired) electrons. The number of carbonyl (C=O) groups is 1. The van der Waals surface area contributed by atoms with Gasteiger partial charge in [-0.3, -0.25) is 24.5 Å². The van der Waals surface area contributed by atoms with Crippen LogP contribution in [0.3, 0.4) is 0 Å². The van der Waals surface area contributed by atoms with Crippen LogP contribution in [0.15, 0.2) is 120 Å². The standard InChI is InChI=1S/C45H45F6N5O10/c1-42(61-3)20-18-29(19-21-42)43(27-10-6-4-7-11-27,28-14-16-30(60-2)17-15-28)65-22-32-36(58)37(64-26-62-23-33(44(46,47)48)45(49,50)51)40(66-32)56-25-52-35-38(56)54-41(55-39(35)59)53-34(57)24-63-31-12-8-5-9-13-31/h4-20,25,32-33,36-37,40,58H,21-24,26H2,1-3H3,(H2,53,54,55,57,59)/t32-,36?,37?,40-,42?,43?/m1/s1. The Morgan fingerprint density at radius 1 is 0.970 bits per heavy atom. The number of anilines is 1. The van der Waals surface area contributed by atoms with Crippen molar-refractivity contribution in [2.45, 2.75) is 61.4 Å². The number of fused-ring (bicyclic) bond motifs is 1. The van der Waals surface area contributed by atoms with Crippen LogP contribution in [0.5, 0.6) is 11.5 Å². The number of halogens is 6. The van der Waals surface area contributed by atoms with Gasteiger partial charge in [-0.1, -0.05) is 78.9 Å². The lowest BCUT2D eigenvalue weighted by Crippen LogP contribution is -2.42. The normalized spacial score (nSPS) is 22.0. The number of hydrogen-bond donors (Lipinski definition) is 3. The Bertz CT molecular complexity index is 2540. The van der Waals surface area contributed by atoms with E-state index in [1.165, 1.54) is 7.11 Å². The highest BCUT2D eigenvalue weighted by Gasteiger charge is 2.57. The molecule has 0 bridgehead atoms. The van der Waals surface area contributed by atoms with Gasteiger partial charge in [0.05, 0.1) is 32.3 Å². The number of nitrogens with zero attached hydrogens (tertiary/aromatic N) is 3. The fourth-order valence-corrected chi connectivity index (χ4v) is 7.52. The zero-order valence-corrected chi connectivity index (χ0v) is 35.5. The molecule has 1 fully saturated rings. The molecule has 5 aromatic rings. The summed E-state index contributed by atoms with van der Waals surface area (Å²) in [5.41, 5.74) is -1.36.